The number of nitrogens with one attached hydrogen (secondary N) is 2. The summed E-state index contributed by atoms with van der Waals surface area (Å²) >= 11 is 0. The van der Waals surface area contributed by atoms with E-state index >= 15 is 0 Å². The molecule has 1 amide bonds. The summed E-state index contributed by atoms with van der Waals surface area (Å²) in [5.41, 5.74) is 2.12. The van der Waals surface area contributed by atoms with E-state index in [1.165, 1.54) is 0 Å². The van der Waals surface area contributed by atoms with Crippen LogP contribution in [-0.4, -0.2) is 106 Å². The van der Waals surface area contributed by atoms with E-state index in [2.05, 4.69) is 32.5 Å². The number of amides is 1. The number of benzene rings is 2. The van der Waals surface area contributed by atoms with E-state index in [-0.39, 0.29) is 11.8 Å². The van der Waals surface area contributed by atoms with Crippen LogP contribution < -0.4 is 29.7 Å². The largest absolute Gasteiger partial charge is 0.497 e. The molecule has 0 unspecified atom stereocenters. The monoisotopic (exact) mass is 577 g/mol. The van der Waals surface area contributed by atoms with Gasteiger partial charge in [-0.2, -0.15) is 4.98 Å². The van der Waals surface area contributed by atoms with Crippen LogP contribution in [0.3, 0.4) is 0 Å². The fourth-order valence-corrected chi connectivity index (χ4v) is 4.63. The summed E-state index contributed by atoms with van der Waals surface area (Å²) in [6, 6.07) is 13.2. The Balaban J connectivity index is 0.000000600. The van der Waals surface area contributed by atoms with Crippen LogP contribution in [0.2, 0.25) is 0 Å². The zero-order valence-electron chi connectivity index (χ0n) is 25.4. The predicted molar refractivity (Wildman–Crippen MR) is 164 cm³/mol. The van der Waals surface area contributed by atoms with E-state index in [1.807, 2.05) is 43.3 Å². The molecule has 2 saturated heterocycles. The number of carbonyl (C=O) groups excluding carboxylic acids is 1. The van der Waals surface area contributed by atoms with Crippen molar-refractivity contribution in [1.29, 1.82) is 0 Å². The van der Waals surface area contributed by atoms with Crippen molar-refractivity contribution in [2.75, 3.05) is 85.6 Å². The van der Waals surface area contributed by atoms with E-state index in [0.717, 1.165) is 63.5 Å². The molecule has 11 heteroatoms. The Kier molecular flexibility index (Phi) is 11.3. The second-order valence-electron chi connectivity index (χ2n) is 10.4. The quantitative estimate of drug-likeness (QED) is 0.415. The van der Waals surface area contributed by atoms with Gasteiger partial charge in [0.2, 0.25) is 11.8 Å². The minimum absolute atomic E-state index is 0.244. The van der Waals surface area contributed by atoms with Gasteiger partial charge in [-0.25, -0.2) is 4.98 Å². The zero-order valence-corrected chi connectivity index (χ0v) is 25.4. The fraction of sp³-hybridized carbons (Fsp3) is 0.452. The number of piperazine rings is 2. The molecule has 226 valence electrons. The number of aromatic nitrogens is 2. The molecule has 0 aliphatic carbocycles. The highest BCUT2D eigenvalue weighted by molar-refractivity contribution is 5.96. The molecule has 0 radical (unpaired) electrons. The molecular weight excluding hydrogens is 534 g/mol. The van der Waals surface area contributed by atoms with Crippen LogP contribution in [0.15, 0.2) is 48.7 Å². The SMILES string of the molecule is C1CNCCN1.COc1cc(CN(C)C(=O)c2cnc(N3CCN(C)CC3)nc2Oc2ccccc2C)cc(OC)c1. The molecule has 2 aliphatic rings. The Bertz CT molecular complexity index is 1280. The molecule has 3 aromatic rings. The maximum atomic E-state index is 13.6. The average molecular weight is 578 g/mol. The minimum atomic E-state index is -0.245. The summed E-state index contributed by atoms with van der Waals surface area (Å²) in [6.45, 7) is 10.3. The Morgan fingerprint density at radius 2 is 1.57 bits per heavy atom. The molecule has 2 aliphatic heterocycles. The molecule has 2 fully saturated rings. The number of aryl methyl sites for hydroxylation is 1. The lowest BCUT2D eigenvalue weighted by Gasteiger charge is -2.32. The number of rotatable bonds is 8. The van der Waals surface area contributed by atoms with Crippen LogP contribution in [0.4, 0.5) is 5.95 Å². The summed E-state index contributed by atoms with van der Waals surface area (Å²) in [5, 5.41) is 6.44. The Hall–Kier alpha value is -3.93. The highest BCUT2D eigenvalue weighted by Crippen LogP contribution is 2.29. The van der Waals surface area contributed by atoms with Gasteiger partial charge in [-0.05, 0) is 43.3 Å². The fourth-order valence-electron chi connectivity index (χ4n) is 4.63. The van der Waals surface area contributed by atoms with Gasteiger partial charge in [-0.15, -0.1) is 0 Å². The third kappa shape index (κ3) is 8.54. The van der Waals surface area contributed by atoms with Crippen LogP contribution in [0.25, 0.3) is 0 Å². The van der Waals surface area contributed by atoms with Crippen LogP contribution in [0.5, 0.6) is 23.1 Å². The van der Waals surface area contributed by atoms with Gasteiger partial charge in [0.25, 0.3) is 5.91 Å². The van der Waals surface area contributed by atoms with Gasteiger partial charge in [-0.1, -0.05) is 18.2 Å². The molecule has 42 heavy (non-hydrogen) atoms. The van der Waals surface area contributed by atoms with Crippen molar-refractivity contribution in [2.24, 2.45) is 0 Å². The molecule has 0 atom stereocenters. The molecule has 1 aromatic heterocycles. The van der Waals surface area contributed by atoms with E-state index in [4.69, 9.17) is 19.2 Å². The maximum Gasteiger partial charge on any atom is 0.260 e. The third-order valence-corrected chi connectivity index (χ3v) is 7.19. The molecule has 3 heterocycles. The van der Waals surface area contributed by atoms with Crippen molar-refractivity contribution in [3.8, 4) is 23.1 Å². The number of anilines is 1. The highest BCUT2D eigenvalue weighted by atomic mass is 16.5. The number of ether oxygens (including phenoxy) is 3. The van der Waals surface area contributed by atoms with E-state index in [1.54, 1.807) is 38.4 Å². The normalized spacial score (nSPS) is 15.3. The van der Waals surface area contributed by atoms with E-state index in [0.29, 0.717) is 35.3 Å². The second-order valence-corrected chi connectivity index (χ2v) is 10.4. The van der Waals surface area contributed by atoms with Crippen LogP contribution in [0.1, 0.15) is 21.5 Å². The molecule has 2 aromatic carbocycles. The lowest BCUT2D eigenvalue weighted by Crippen LogP contribution is -2.45. The first-order chi connectivity index (χ1) is 20.4. The third-order valence-electron chi connectivity index (χ3n) is 7.19. The average Bonchev–Trinajstić information content (AvgIpc) is 3.03. The number of para-hydroxylation sites is 1. The smallest absolute Gasteiger partial charge is 0.260 e. The van der Waals surface area contributed by atoms with E-state index in [9.17, 15) is 4.79 Å². The van der Waals surface area contributed by atoms with Gasteiger partial charge >= 0.3 is 0 Å². The van der Waals surface area contributed by atoms with Gasteiger partial charge in [0.1, 0.15) is 22.8 Å². The van der Waals surface area contributed by atoms with Crippen molar-refractivity contribution in [2.45, 2.75) is 13.5 Å². The van der Waals surface area contributed by atoms with Crippen LogP contribution in [0, 0.1) is 6.92 Å². The molecule has 2 N–H and O–H groups in total. The Morgan fingerprint density at radius 3 is 2.14 bits per heavy atom. The van der Waals surface area contributed by atoms with Crippen molar-refractivity contribution >= 4 is 11.9 Å². The van der Waals surface area contributed by atoms with Crippen LogP contribution >= 0.6 is 0 Å². The molecule has 0 bridgehead atoms. The number of hydrogen-bond acceptors (Lipinski definition) is 10. The number of methoxy groups -OCH3 is 2. The first kappa shape index (κ1) is 31.0. The standard InChI is InChI=1S/C27H33N5O4.C4H10N2/c1-19-8-6-7-9-24(19)36-25-23(17-28-27(29-25)32-12-10-30(2)11-13-32)26(33)31(3)18-20-14-21(34-4)16-22(15-20)35-5;1-2-6-4-3-5-1/h6-9,14-17H,10-13,18H2,1-5H3;5-6H,1-4H2. The van der Waals surface area contributed by atoms with Crippen molar-refractivity contribution < 1.29 is 19.0 Å². The maximum absolute atomic E-state index is 13.6. The molecule has 0 saturated carbocycles. The predicted octanol–water partition coefficient (Wildman–Crippen LogP) is 2.80. The lowest BCUT2D eigenvalue weighted by atomic mass is 10.1. The van der Waals surface area contributed by atoms with Gasteiger partial charge in [0, 0.05) is 78.2 Å². The highest BCUT2D eigenvalue weighted by Gasteiger charge is 2.24. The zero-order chi connectivity index (χ0) is 29.9. The van der Waals surface area contributed by atoms with Gasteiger partial charge < -0.3 is 39.5 Å². The number of hydrogen-bond donors (Lipinski definition) is 2. The van der Waals surface area contributed by atoms with Gasteiger partial charge in [-0.3, -0.25) is 4.79 Å². The number of likely N-dealkylation sites (N-methyl/N-ethyl adjacent to an activating group) is 1. The minimum Gasteiger partial charge on any atom is -0.497 e. The van der Waals surface area contributed by atoms with Crippen LogP contribution in [-0.2, 0) is 6.54 Å². The van der Waals surface area contributed by atoms with Gasteiger partial charge in [0.15, 0.2) is 0 Å². The lowest BCUT2D eigenvalue weighted by molar-refractivity contribution is 0.0781. The second kappa shape index (κ2) is 15.3. The Labute approximate surface area is 248 Å². The molecule has 11 nitrogen and oxygen atoms in total. The number of nitrogens with zero attached hydrogens (tertiary/aromatic N) is 5. The summed E-state index contributed by atoms with van der Waals surface area (Å²) in [6.07, 6.45) is 1.57. The van der Waals surface area contributed by atoms with Crippen molar-refractivity contribution in [3.05, 3.63) is 65.4 Å². The Morgan fingerprint density at radius 1 is 0.952 bits per heavy atom. The van der Waals surface area contributed by atoms with E-state index < -0.39 is 0 Å². The number of carbonyl (C=O) groups is 1. The van der Waals surface area contributed by atoms with Gasteiger partial charge in [0.05, 0.1) is 14.2 Å². The first-order valence-electron chi connectivity index (χ1n) is 14.3. The molecule has 0 spiro atoms. The summed E-state index contributed by atoms with van der Waals surface area (Å²) in [4.78, 5) is 28.8. The summed E-state index contributed by atoms with van der Waals surface area (Å²) in [5.74, 6) is 2.53. The molecular formula is C31H43N7O4. The summed E-state index contributed by atoms with van der Waals surface area (Å²) < 4.78 is 16.9. The molecule has 5 rings (SSSR count). The van der Waals surface area contributed by atoms with Crippen molar-refractivity contribution in [1.82, 2.24) is 30.4 Å². The summed E-state index contributed by atoms with van der Waals surface area (Å²) in [7, 11) is 7.03. The first-order valence-corrected chi connectivity index (χ1v) is 14.3. The van der Waals surface area contributed by atoms with Crippen molar-refractivity contribution in [3.63, 3.8) is 0 Å². The topological polar surface area (TPSA) is 104 Å².